The summed E-state index contributed by atoms with van der Waals surface area (Å²) in [6.45, 7) is 7.92. The van der Waals surface area contributed by atoms with Crippen LogP contribution in [0.25, 0.3) is 0 Å². The van der Waals surface area contributed by atoms with Crippen LogP contribution in [0.4, 0.5) is 0 Å². The molecule has 0 aliphatic carbocycles. The molecule has 2 N–H and O–H groups in total. The van der Waals surface area contributed by atoms with Crippen molar-refractivity contribution in [3.05, 3.63) is 0 Å². The number of rotatable bonds is 22. The van der Waals surface area contributed by atoms with Crippen LogP contribution >= 0.6 is 0 Å². The van der Waals surface area contributed by atoms with E-state index in [2.05, 4.69) is 19.2 Å². The smallest absolute Gasteiger partial charge is 0.319 e. The largest absolute Gasteiger partial charge is 0.480 e. The van der Waals surface area contributed by atoms with Gasteiger partial charge in [-0.3, -0.25) is 14.4 Å². The van der Waals surface area contributed by atoms with Crippen LogP contribution in [-0.4, -0.2) is 35.1 Å². The average molecular weight is 496 g/mol. The van der Waals surface area contributed by atoms with Crippen LogP contribution in [0.5, 0.6) is 0 Å². The third-order valence-electron chi connectivity index (χ3n) is 7.95. The van der Waals surface area contributed by atoms with Gasteiger partial charge in [0.1, 0.15) is 11.5 Å². The van der Waals surface area contributed by atoms with Gasteiger partial charge in [-0.25, -0.2) is 0 Å². The van der Waals surface area contributed by atoms with E-state index < -0.39 is 17.3 Å². The van der Waals surface area contributed by atoms with E-state index in [9.17, 15) is 19.5 Å². The highest BCUT2D eigenvalue weighted by atomic mass is 16.6. The zero-order valence-electron chi connectivity index (χ0n) is 23.0. The van der Waals surface area contributed by atoms with Crippen molar-refractivity contribution in [1.29, 1.82) is 0 Å². The molecule has 1 aliphatic heterocycles. The number of carbonyl (C=O) groups is 3. The first-order valence-electron chi connectivity index (χ1n) is 14.6. The number of nitrogens with one attached hydrogen (secondary N) is 1. The van der Waals surface area contributed by atoms with Gasteiger partial charge in [-0.15, -0.1) is 0 Å². The summed E-state index contributed by atoms with van der Waals surface area (Å²) in [5.41, 5.74) is -1.40. The molecular weight excluding hydrogens is 442 g/mol. The van der Waals surface area contributed by atoms with Crippen molar-refractivity contribution < 1.29 is 24.2 Å². The van der Waals surface area contributed by atoms with E-state index in [0.717, 1.165) is 44.9 Å². The van der Waals surface area contributed by atoms with Gasteiger partial charge >= 0.3 is 11.9 Å². The summed E-state index contributed by atoms with van der Waals surface area (Å²) in [7, 11) is 0. The van der Waals surface area contributed by atoms with Crippen molar-refractivity contribution in [2.24, 2.45) is 11.3 Å². The Morgan fingerprint density at radius 1 is 0.857 bits per heavy atom. The predicted octanol–water partition coefficient (Wildman–Crippen LogP) is 7.19. The second kappa shape index (κ2) is 17.8. The Kier molecular flexibility index (Phi) is 16.0. The number of esters is 1. The lowest BCUT2D eigenvalue weighted by Crippen LogP contribution is -2.53. The minimum Gasteiger partial charge on any atom is -0.480 e. The summed E-state index contributed by atoms with van der Waals surface area (Å²) < 4.78 is 5.49. The maximum absolute atomic E-state index is 13.1. The van der Waals surface area contributed by atoms with Crippen LogP contribution < -0.4 is 5.32 Å². The summed E-state index contributed by atoms with van der Waals surface area (Å²) in [4.78, 5) is 37.2. The van der Waals surface area contributed by atoms with Crippen molar-refractivity contribution in [2.45, 2.75) is 155 Å². The summed E-state index contributed by atoms with van der Waals surface area (Å²) in [6.07, 6.45) is 18.1. The van der Waals surface area contributed by atoms with Crippen molar-refractivity contribution >= 4 is 17.8 Å². The summed E-state index contributed by atoms with van der Waals surface area (Å²) in [5, 5.41) is 12.9. The summed E-state index contributed by atoms with van der Waals surface area (Å²) in [5.74, 6) is -1.68. The number of carboxylic acid groups (broad SMARTS) is 1. The molecule has 0 aromatic rings. The number of amides is 1. The van der Waals surface area contributed by atoms with Crippen LogP contribution in [0.2, 0.25) is 0 Å². The molecule has 6 heteroatoms. The highest BCUT2D eigenvalue weighted by Crippen LogP contribution is 2.33. The Morgan fingerprint density at radius 3 is 1.86 bits per heavy atom. The van der Waals surface area contributed by atoms with Crippen LogP contribution in [0.1, 0.15) is 143 Å². The Hall–Kier alpha value is -1.59. The van der Waals surface area contributed by atoms with E-state index >= 15 is 0 Å². The van der Waals surface area contributed by atoms with Crippen molar-refractivity contribution in [1.82, 2.24) is 5.32 Å². The fourth-order valence-electron chi connectivity index (χ4n) is 5.23. The fraction of sp³-hybridized carbons (Fsp3) is 0.897. The Bertz CT molecular complexity index is 616. The molecule has 0 aromatic heterocycles. The number of ether oxygens (including phenoxy) is 1. The lowest BCUT2D eigenvalue weighted by Gasteiger charge is -2.38. The van der Waals surface area contributed by atoms with Gasteiger partial charge in [-0.1, -0.05) is 111 Å². The number of cyclic esters (lactones) is 1. The number of hydrogen-bond donors (Lipinski definition) is 2. The molecule has 0 radical (unpaired) electrons. The summed E-state index contributed by atoms with van der Waals surface area (Å²) >= 11 is 0. The van der Waals surface area contributed by atoms with Crippen LogP contribution in [0.3, 0.4) is 0 Å². The maximum Gasteiger partial charge on any atom is 0.319 e. The van der Waals surface area contributed by atoms with Gasteiger partial charge in [0.05, 0.1) is 5.92 Å². The lowest BCUT2D eigenvalue weighted by molar-refractivity contribution is -0.186. The molecule has 204 valence electrons. The first-order chi connectivity index (χ1) is 16.9. The first kappa shape index (κ1) is 31.4. The molecule has 35 heavy (non-hydrogen) atoms. The minimum atomic E-state index is -1.40. The number of aliphatic carboxylic acids is 1. The molecule has 0 saturated carbocycles. The van der Waals surface area contributed by atoms with Gasteiger partial charge in [-0.05, 0) is 25.7 Å². The molecule has 1 fully saturated rings. The molecule has 0 spiro atoms. The van der Waals surface area contributed by atoms with Gasteiger partial charge < -0.3 is 15.2 Å². The second-order valence-electron chi connectivity index (χ2n) is 10.5. The van der Waals surface area contributed by atoms with E-state index in [1.807, 2.05) is 0 Å². The molecule has 1 rings (SSSR count). The van der Waals surface area contributed by atoms with Crippen molar-refractivity contribution in [2.75, 3.05) is 0 Å². The zero-order chi connectivity index (χ0) is 26.1. The second-order valence-corrected chi connectivity index (χ2v) is 10.5. The monoisotopic (exact) mass is 495 g/mol. The van der Waals surface area contributed by atoms with Gasteiger partial charge in [0.2, 0.25) is 5.91 Å². The molecule has 1 amide bonds. The topological polar surface area (TPSA) is 92.7 Å². The quantitative estimate of drug-likeness (QED) is 0.0942. The molecule has 6 nitrogen and oxygen atoms in total. The predicted molar refractivity (Wildman–Crippen MR) is 141 cm³/mol. The molecule has 0 bridgehead atoms. The maximum atomic E-state index is 13.1. The van der Waals surface area contributed by atoms with Gasteiger partial charge in [0.25, 0.3) is 0 Å². The minimum absolute atomic E-state index is 0.0871. The lowest BCUT2D eigenvalue weighted by atomic mass is 9.80. The SMILES string of the molecule is CCCCCCCCCCC[C@@H](C[C@@H]1OC(=O)[C@H]1CCCCCC)NC(=O)C(CC)(CC)C(=O)O. The molecule has 1 aliphatic rings. The van der Waals surface area contributed by atoms with Crippen LogP contribution in [0.15, 0.2) is 0 Å². The highest BCUT2D eigenvalue weighted by Gasteiger charge is 2.46. The standard InChI is InChI=1S/C29H53NO5/c1-5-9-11-13-14-15-16-17-18-20-23(30-27(32)29(7-3,8-4)28(33)34)22-25-24(26(31)35-25)21-19-12-10-6-2/h23-25H,5-22H2,1-4H3,(H,30,32)(H,33,34)/t23-,24-,25-/m0/s1. The number of unbranched alkanes of at least 4 members (excludes halogenated alkanes) is 11. The molecule has 1 saturated heterocycles. The third kappa shape index (κ3) is 10.5. The molecule has 3 atom stereocenters. The number of carboxylic acids is 1. The van der Waals surface area contributed by atoms with E-state index in [1.165, 1.54) is 51.4 Å². The van der Waals surface area contributed by atoms with Crippen LogP contribution in [0, 0.1) is 11.3 Å². The Balaban J connectivity index is 2.65. The van der Waals surface area contributed by atoms with E-state index in [0.29, 0.717) is 6.42 Å². The Labute approximate surface area is 214 Å². The average Bonchev–Trinajstić information content (AvgIpc) is 2.83. The third-order valence-corrected chi connectivity index (χ3v) is 7.95. The zero-order valence-corrected chi connectivity index (χ0v) is 23.0. The van der Waals surface area contributed by atoms with E-state index in [-0.39, 0.29) is 36.9 Å². The first-order valence-corrected chi connectivity index (χ1v) is 14.6. The fourth-order valence-corrected chi connectivity index (χ4v) is 5.23. The molecule has 0 unspecified atom stereocenters. The molecule has 0 aromatic carbocycles. The van der Waals surface area contributed by atoms with Gasteiger partial charge in [0, 0.05) is 12.5 Å². The van der Waals surface area contributed by atoms with E-state index in [1.54, 1.807) is 13.8 Å². The molecule has 1 heterocycles. The normalized spacial score (nSPS) is 18.6. The summed E-state index contributed by atoms with van der Waals surface area (Å²) in [6, 6.07) is -0.167. The van der Waals surface area contributed by atoms with Crippen LogP contribution in [-0.2, 0) is 19.1 Å². The van der Waals surface area contributed by atoms with Crippen molar-refractivity contribution in [3.63, 3.8) is 0 Å². The number of hydrogen-bond acceptors (Lipinski definition) is 4. The van der Waals surface area contributed by atoms with E-state index in [4.69, 9.17) is 4.74 Å². The molecular formula is C29H53NO5. The number of carbonyl (C=O) groups excluding carboxylic acids is 2. The Morgan fingerprint density at radius 2 is 1.37 bits per heavy atom. The van der Waals surface area contributed by atoms with Crippen molar-refractivity contribution in [3.8, 4) is 0 Å². The van der Waals surface area contributed by atoms with Gasteiger partial charge in [0.15, 0.2) is 0 Å². The highest BCUT2D eigenvalue weighted by molar-refractivity contribution is 6.01. The van der Waals surface area contributed by atoms with Gasteiger partial charge in [-0.2, -0.15) is 0 Å².